The molecule has 1 heterocycles. The van der Waals surface area contributed by atoms with Crippen molar-refractivity contribution in [2.24, 2.45) is 0 Å². The molecule has 0 unspecified atom stereocenters. The van der Waals surface area contributed by atoms with Crippen molar-refractivity contribution in [3.05, 3.63) is 11.9 Å². The highest BCUT2D eigenvalue weighted by Gasteiger charge is 1.97. The lowest BCUT2D eigenvalue weighted by atomic mass is 10.5. The molecule has 1 aromatic heterocycles. The molecule has 1 N–H and O–H groups in total. The first-order valence-corrected chi connectivity index (χ1v) is 4.44. The molecule has 0 spiro atoms. The van der Waals surface area contributed by atoms with E-state index in [1.54, 1.807) is 10.9 Å². The molecule has 0 saturated carbocycles. The number of nitrogens with zero attached hydrogens (tertiary/aromatic N) is 3. The molecule has 13 heavy (non-hydrogen) atoms. The number of aliphatic hydroxyl groups is 1. The second kappa shape index (κ2) is 5.66. The van der Waals surface area contributed by atoms with Gasteiger partial charge in [-0.05, 0) is 6.42 Å². The minimum absolute atomic E-state index is 0.0597. The van der Waals surface area contributed by atoms with Crippen LogP contribution in [0.4, 0.5) is 0 Å². The maximum absolute atomic E-state index is 8.71. The van der Waals surface area contributed by atoms with E-state index in [-0.39, 0.29) is 6.61 Å². The van der Waals surface area contributed by atoms with Gasteiger partial charge in [-0.2, -0.15) is 0 Å². The smallest absolute Gasteiger partial charge is 0.108 e. The van der Waals surface area contributed by atoms with E-state index in [1.807, 2.05) is 0 Å². The molecule has 1 rings (SSSR count). The Hall–Kier alpha value is -0.940. The highest BCUT2D eigenvalue weighted by Crippen LogP contribution is 1.92. The standard InChI is InChI=1S/C8H15N3O2/c1-2-4-13-5-3-11-6-8(7-12)9-10-11/h6,12H,2-5,7H2,1H3. The van der Waals surface area contributed by atoms with Crippen LogP contribution in [-0.2, 0) is 17.9 Å². The zero-order valence-electron chi connectivity index (χ0n) is 7.81. The molecule has 1 aromatic rings. The summed E-state index contributed by atoms with van der Waals surface area (Å²) in [6, 6.07) is 0. The van der Waals surface area contributed by atoms with E-state index >= 15 is 0 Å². The second-order valence-electron chi connectivity index (χ2n) is 2.74. The Kier molecular flexibility index (Phi) is 4.42. The Bertz CT molecular complexity index is 237. The van der Waals surface area contributed by atoms with Gasteiger partial charge in [0.2, 0.25) is 0 Å². The third-order valence-electron chi connectivity index (χ3n) is 1.56. The molecule has 0 saturated heterocycles. The number of aromatic nitrogens is 3. The van der Waals surface area contributed by atoms with Gasteiger partial charge in [0.25, 0.3) is 0 Å². The van der Waals surface area contributed by atoms with Gasteiger partial charge < -0.3 is 9.84 Å². The van der Waals surface area contributed by atoms with Crippen molar-refractivity contribution in [3.8, 4) is 0 Å². The molecule has 0 atom stereocenters. The SMILES string of the molecule is CCCOCCn1cc(CO)nn1. The Labute approximate surface area is 77.3 Å². The van der Waals surface area contributed by atoms with Crippen LogP contribution in [0, 0.1) is 0 Å². The van der Waals surface area contributed by atoms with Crippen LogP contribution in [0.3, 0.4) is 0 Å². The maximum Gasteiger partial charge on any atom is 0.108 e. The summed E-state index contributed by atoms with van der Waals surface area (Å²) >= 11 is 0. The predicted molar refractivity (Wildman–Crippen MR) is 47.1 cm³/mol. The van der Waals surface area contributed by atoms with Gasteiger partial charge in [0.1, 0.15) is 5.69 Å². The maximum atomic E-state index is 8.71. The largest absolute Gasteiger partial charge is 0.390 e. The molecular formula is C8H15N3O2. The quantitative estimate of drug-likeness (QED) is 0.643. The molecule has 0 aliphatic carbocycles. The average Bonchev–Trinajstić information content (AvgIpc) is 2.60. The first-order valence-electron chi connectivity index (χ1n) is 4.44. The highest BCUT2D eigenvalue weighted by atomic mass is 16.5. The summed E-state index contributed by atoms with van der Waals surface area (Å²) < 4.78 is 6.95. The summed E-state index contributed by atoms with van der Waals surface area (Å²) in [4.78, 5) is 0. The fourth-order valence-electron chi connectivity index (χ4n) is 0.925. The summed E-state index contributed by atoms with van der Waals surface area (Å²) in [7, 11) is 0. The summed E-state index contributed by atoms with van der Waals surface area (Å²) in [6.07, 6.45) is 2.74. The van der Waals surface area contributed by atoms with Crippen LogP contribution in [0.25, 0.3) is 0 Å². The first-order chi connectivity index (χ1) is 6.36. The van der Waals surface area contributed by atoms with Gasteiger partial charge in [-0.25, -0.2) is 4.68 Å². The van der Waals surface area contributed by atoms with Crippen LogP contribution < -0.4 is 0 Å². The molecule has 5 nitrogen and oxygen atoms in total. The van der Waals surface area contributed by atoms with Crippen molar-refractivity contribution < 1.29 is 9.84 Å². The van der Waals surface area contributed by atoms with Crippen LogP contribution in [0.2, 0.25) is 0 Å². The van der Waals surface area contributed by atoms with Gasteiger partial charge in [-0.15, -0.1) is 5.10 Å². The summed E-state index contributed by atoms with van der Waals surface area (Å²) in [5.74, 6) is 0. The van der Waals surface area contributed by atoms with E-state index in [0.29, 0.717) is 18.8 Å². The van der Waals surface area contributed by atoms with E-state index in [0.717, 1.165) is 13.0 Å². The summed E-state index contributed by atoms with van der Waals surface area (Å²) in [5.41, 5.74) is 0.593. The Morgan fingerprint density at radius 1 is 1.54 bits per heavy atom. The molecule has 0 aliphatic heterocycles. The monoisotopic (exact) mass is 185 g/mol. The zero-order chi connectivity index (χ0) is 9.52. The molecule has 0 amide bonds. The Morgan fingerprint density at radius 3 is 3.00 bits per heavy atom. The normalized spacial score (nSPS) is 10.6. The van der Waals surface area contributed by atoms with Crippen molar-refractivity contribution in [3.63, 3.8) is 0 Å². The van der Waals surface area contributed by atoms with Crippen molar-refractivity contribution in [1.82, 2.24) is 15.0 Å². The number of hydrogen-bond acceptors (Lipinski definition) is 4. The fourth-order valence-corrected chi connectivity index (χ4v) is 0.925. The van der Waals surface area contributed by atoms with Crippen LogP contribution >= 0.6 is 0 Å². The molecule has 0 fully saturated rings. The third kappa shape index (κ3) is 3.52. The molecule has 0 radical (unpaired) electrons. The minimum atomic E-state index is -0.0597. The van der Waals surface area contributed by atoms with Crippen LogP contribution in [0.5, 0.6) is 0 Å². The van der Waals surface area contributed by atoms with E-state index in [2.05, 4.69) is 17.2 Å². The molecule has 74 valence electrons. The van der Waals surface area contributed by atoms with Gasteiger partial charge in [0, 0.05) is 6.61 Å². The molecule has 0 aliphatic rings. The van der Waals surface area contributed by atoms with Gasteiger partial charge >= 0.3 is 0 Å². The lowest BCUT2D eigenvalue weighted by Gasteiger charge is -2.00. The lowest BCUT2D eigenvalue weighted by Crippen LogP contribution is -2.06. The van der Waals surface area contributed by atoms with E-state index in [1.165, 1.54) is 0 Å². The van der Waals surface area contributed by atoms with Crippen molar-refractivity contribution in [2.45, 2.75) is 26.5 Å². The minimum Gasteiger partial charge on any atom is -0.390 e. The Balaban J connectivity index is 2.20. The van der Waals surface area contributed by atoms with E-state index in [9.17, 15) is 0 Å². The van der Waals surface area contributed by atoms with Gasteiger partial charge in [-0.1, -0.05) is 12.1 Å². The van der Waals surface area contributed by atoms with Gasteiger partial charge in [-0.3, -0.25) is 0 Å². The zero-order valence-corrected chi connectivity index (χ0v) is 7.81. The van der Waals surface area contributed by atoms with Crippen LogP contribution in [0.15, 0.2) is 6.20 Å². The summed E-state index contributed by atoms with van der Waals surface area (Å²) in [5, 5.41) is 16.3. The number of aliphatic hydroxyl groups excluding tert-OH is 1. The average molecular weight is 185 g/mol. The van der Waals surface area contributed by atoms with Crippen LogP contribution in [0.1, 0.15) is 19.0 Å². The van der Waals surface area contributed by atoms with Crippen molar-refractivity contribution in [1.29, 1.82) is 0 Å². The number of hydrogen-bond donors (Lipinski definition) is 1. The molecule has 5 heteroatoms. The second-order valence-corrected chi connectivity index (χ2v) is 2.74. The van der Waals surface area contributed by atoms with Gasteiger partial charge in [0.05, 0.1) is 26.0 Å². The van der Waals surface area contributed by atoms with Crippen molar-refractivity contribution in [2.75, 3.05) is 13.2 Å². The first kappa shape index (κ1) is 10.1. The lowest BCUT2D eigenvalue weighted by molar-refractivity contribution is 0.124. The summed E-state index contributed by atoms with van der Waals surface area (Å²) in [6.45, 7) is 4.12. The van der Waals surface area contributed by atoms with Gasteiger partial charge in [0.15, 0.2) is 0 Å². The molecular weight excluding hydrogens is 170 g/mol. The fraction of sp³-hybridized carbons (Fsp3) is 0.750. The third-order valence-corrected chi connectivity index (χ3v) is 1.56. The molecule has 0 bridgehead atoms. The topological polar surface area (TPSA) is 60.2 Å². The highest BCUT2D eigenvalue weighted by molar-refractivity contribution is 4.88. The van der Waals surface area contributed by atoms with Crippen molar-refractivity contribution >= 4 is 0 Å². The Morgan fingerprint density at radius 2 is 2.38 bits per heavy atom. The van der Waals surface area contributed by atoms with E-state index < -0.39 is 0 Å². The molecule has 0 aromatic carbocycles. The number of rotatable bonds is 6. The number of ether oxygens (including phenoxy) is 1. The predicted octanol–water partition coefficient (Wildman–Crippen LogP) is 0.197. The van der Waals surface area contributed by atoms with E-state index in [4.69, 9.17) is 9.84 Å². The van der Waals surface area contributed by atoms with Crippen LogP contribution in [-0.4, -0.2) is 33.3 Å².